The van der Waals surface area contributed by atoms with Gasteiger partial charge in [0.05, 0.1) is 13.0 Å². The van der Waals surface area contributed by atoms with Gasteiger partial charge in [-0.1, -0.05) is 18.2 Å². The maximum Gasteiger partial charge on any atom is 0.309 e. The molecular weight excluding hydrogens is 436 g/mol. The highest BCUT2D eigenvalue weighted by Gasteiger charge is 2.34. The number of methoxy groups -OCH3 is 1. The van der Waals surface area contributed by atoms with Crippen LogP contribution in [0.5, 0.6) is 5.75 Å². The highest BCUT2D eigenvalue weighted by atomic mass is 32.2. The second-order valence-electron chi connectivity index (χ2n) is 7.61. The molecular formula is C21H28N4O6S. The molecule has 0 aliphatic carbocycles. The van der Waals surface area contributed by atoms with Crippen molar-refractivity contribution in [3.05, 3.63) is 41.9 Å². The minimum atomic E-state index is -3.70. The Morgan fingerprint density at radius 1 is 1.22 bits per heavy atom. The fraction of sp³-hybridized carbons (Fsp3) is 0.476. The number of carbonyl (C=O) groups excluding carboxylic acids is 2. The van der Waals surface area contributed by atoms with Crippen molar-refractivity contribution in [2.45, 2.75) is 31.3 Å². The molecule has 11 heteroatoms. The van der Waals surface area contributed by atoms with Gasteiger partial charge in [-0.3, -0.25) is 9.59 Å². The Morgan fingerprint density at radius 2 is 1.91 bits per heavy atom. The lowest BCUT2D eigenvalue weighted by molar-refractivity contribution is -0.153. The van der Waals surface area contributed by atoms with Gasteiger partial charge in [-0.15, -0.1) is 0 Å². The molecule has 1 N–H and O–H groups in total. The Labute approximate surface area is 187 Å². The van der Waals surface area contributed by atoms with E-state index in [9.17, 15) is 18.0 Å². The molecule has 174 valence electrons. The largest absolute Gasteiger partial charge is 0.496 e. The second-order valence-corrected chi connectivity index (χ2v) is 9.50. The van der Waals surface area contributed by atoms with Gasteiger partial charge in [-0.25, -0.2) is 13.4 Å². The summed E-state index contributed by atoms with van der Waals surface area (Å²) >= 11 is 0. The third-order valence-electron chi connectivity index (χ3n) is 5.49. The quantitative estimate of drug-likeness (QED) is 0.579. The summed E-state index contributed by atoms with van der Waals surface area (Å²) in [5.41, 5.74) is 0.811. The van der Waals surface area contributed by atoms with Crippen molar-refractivity contribution in [2.24, 2.45) is 13.0 Å². The van der Waals surface area contributed by atoms with Crippen molar-refractivity contribution in [3.63, 3.8) is 0 Å². The molecule has 0 atom stereocenters. The number of ether oxygens (including phenoxy) is 2. The molecule has 10 nitrogen and oxygen atoms in total. The van der Waals surface area contributed by atoms with Crippen LogP contribution in [-0.4, -0.2) is 61.0 Å². The number of nitrogens with one attached hydrogen (secondary N) is 1. The molecule has 2 aromatic rings. The van der Waals surface area contributed by atoms with E-state index in [0.29, 0.717) is 24.4 Å². The number of imidazole rings is 1. The Bertz CT molecular complexity index is 1050. The zero-order valence-corrected chi connectivity index (χ0v) is 19.2. The molecule has 0 radical (unpaired) electrons. The average molecular weight is 465 g/mol. The normalized spacial score (nSPS) is 15.3. The number of hydrogen-bond acceptors (Lipinski definition) is 7. The van der Waals surface area contributed by atoms with Gasteiger partial charge in [0.1, 0.15) is 11.6 Å². The zero-order valence-electron chi connectivity index (χ0n) is 18.4. The van der Waals surface area contributed by atoms with E-state index in [1.807, 2.05) is 18.2 Å². The van der Waals surface area contributed by atoms with Crippen molar-refractivity contribution in [3.8, 4) is 5.75 Å². The highest BCUT2D eigenvalue weighted by molar-refractivity contribution is 7.89. The van der Waals surface area contributed by atoms with Gasteiger partial charge < -0.3 is 19.4 Å². The van der Waals surface area contributed by atoms with Crippen molar-refractivity contribution < 1.29 is 27.5 Å². The van der Waals surface area contributed by atoms with Crippen LogP contribution in [0.2, 0.25) is 0 Å². The van der Waals surface area contributed by atoms with E-state index in [1.54, 1.807) is 31.7 Å². The molecule has 1 amide bonds. The van der Waals surface area contributed by atoms with Gasteiger partial charge in [0.2, 0.25) is 0 Å². The van der Waals surface area contributed by atoms with Crippen molar-refractivity contribution in [1.29, 1.82) is 0 Å². The highest BCUT2D eigenvalue weighted by Crippen LogP contribution is 2.24. The first-order chi connectivity index (χ1) is 15.2. The summed E-state index contributed by atoms with van der Waals surface area (Å²) in [7, 11) is -0.419. The summed E-state index contributed by atoms with van der Waals surface area (Å²) in [5.74, 6) is -0.106. The third kappa shape index (κ3) is 5.46. The van der Waals surface area contributed by atoms with Crippen LogP contribution < -0.4 is 10.1 Å². The first-order valence-corrected chi connectivity index (χ1v) is 11.7. The Balaban J connectivity index is 1.44. The van der Waals surface area contributed by atoms with Crippen molar-refractivity contribution in [1.82, 2.24) is 19.2 Å². The van der Waals surface area contributed by atoms with Gasteiger partial charge in [0.15, 0.2) is 11.6 Å². The van der Waals surface area contributed by atoms with Gasteiger partial charge in [-0.2, -0.15) is 4.31 Å². The van der Waals surface area contributed by atoms with Crippen LogP contribution in [0.1, 0.15) is 24.2 Å². The number of carbonyl (C=O) groups is 2. The van der Waals surface area contributed by atoms with E-state index in [4.69, 9.17) is 9.47 Å². The second kappa shape index (κ2) is 10.1. The molecule has 0 bridgehead atoms. The molecule has 1 saturated heterocycles. The maximum absolute atomic E-state index is 12.8. The summed E-state index contributed by atoms with van der Waals surface area (Å²) < 4.78 is 38.9. The van der Waals surface area contributed by atoms with E-state index < -0.39 is 27.8 Å². The number of piperidine rings is 1. The molecule has 0 unspecified atom stereocenters. The first-order valence-electron chi connectivity index (χ1n) is 10.3. The Hall–Kier alpha value is -2.92. The fourth-order valence-corrected chi connectivity index (χ4v) is 4.96. The van der Waals surface area contributed by atoms with Crippen LogP contribution in [0.15, 0.2) is 35.5 Å². The van der Waals surface area contributed by atoms with Crippen molar-refractivity contribution in [2.75, 3.05) is 26.8 Å². The summed E-state index contributed by atoms with van der Waals surface area (Å²) in [6.07, 6.45) is 2.13. The number of sulfonamides is 1. The third-order valence-corrected chi connectivity index (χ3v) is 7.26. The molecule has 0 saturated carbocycles. The van der Waals surface area contributed by atoms with Gasteiger partial charge in [-0.05, 0) is 25.8 Å². The van der Waals surface area contributed by atoms with E-state index >= 15 is 0 Å². The molecule has 1 aliphatic rings. The summed E-state index contributed by atoms with van der Waals surface area (Å²) in [6.45, 7) is 1.98. The molecule has 1 aromatic carbocycles. The standard InChI is InChI=1S/C21H28N4O6S/c1-15-23-20(13-24(15)2)32(28,29)25-10-8-16(9-11-25)21(27)31-14-19(26)22-12-17-6-4-5-7-18(17)30-3/h4-7,13,16H,8-12,14H2,1-3H3,(H,22,26). The average Bonchev–Trinajstić information content (AvgIpc) is 3.15. The van der Waals surface area contributed by atoms with Crippen LogP contribution >= 0.6 is 0 Å². The van der Waals surface area contributed by atoms with Crippen LogP contribution in [-0.2, 0) is 37.9 Å². The number of aromatic nitrogens is 2. The number of nitrogens with zero attached hydrogens (tertiary/aromatic N) is 3. The summed E-state index contributed by atoms with van der Waals surface area (Å²) in [6, 6.07) is 7.30. The predicted octanol–water partition coefficient (Wildman–Crippen LogP) is 0.997. The number of para-hydroxylation sites is 1. The van der Waals surface area contributed by atoms with E-state index in [0.717, 1.165) is 5.56 Å². The Kier molecular flexibility index (Phi) is 7.52. The minimum Gasteiger partial charge on any atom is -0.496 e. The first kappa shape index (κ1) is 23.7. The van der Waals surface area contributed by atoms with E-state index in [-0.39, 0.29) is 31.3 Å². The number of esters is 1. The maximum atomic E-state index is 12.8. The number of hydrogen-bond donors (Lipinski definition) is 1. The number of amides is 1. The van der Waals surface area contributed by atoms with Crippen LogP contribution in [0.4, 0.5) is 0 Å². The molecule has 1 fully saturated rings. The lowest BCUT2D eigenvalue weighted by Gasteiger charge is -2.29. The van der Waals surface area contributed by atoms with Crippen molar-refractivity contribution >= 4 is 21.9 Å². The van der Waals surface area contributed by atoms with Gasteiger partial charge >= 0.3 is 5.97 Å². The SMILES string of the molecule is COc1ccccc1CNC(=O)COC(=O)C1CCN(S(=O)(=O)c2cn(C)c(C)n2)CC1. The van der Waals surface area contributed by atoms with E-state index in [2.05, 4.69) is 10.3 Å². The topological polar surface area (TPSA) is 120 Å². The van der Waals surface area contributed by atoms with Crippen LogP contribution in [0.25, 0.3) is 0 Å². The Morgan fingerprint density at radius 3 is 2.53 bits per heavy atom. The number of benzene rings is 1. The lowest BCUT2D eigenvalue weighted by atomic mass is 9.98. The molecule has 0 spiro atoms. The molecule has 3 rings (SSSR count). The predicted molar refractivity (Wildman–Crippen MR) is 115 cm³/mol. The molecule has 2 heterocycles. The molecule has 1 aromatic heterocycles. The van der Waals surface area contributed by atoms with Gasteiger partial charge in [0, 0.05) is 38.4 Å². The number of aryl methyl sites for hydroxylation is 2. The molecule has 32 heavy (non-hydrogen) atoms. The fourth-order valence-electron chi connectivity index (χ4n) is 3.46. The smallest absolute Gasteiger partial charge is 0.309 e. The van der Waals surface area contributed by atoms with Crippen LogP contribution in [0.3, 0.4) is 0 Å². The summed E-state index contributed by atoms with van der Waals surface area (Å²) in [4.78, 5) is 28.5. The minimum absolute atomic E-state index is 0.00486. The lowest BCUT2D eigenvalue weighted by Crippen LogP contribution is -2.41. The monoisotopic (exact) mass is 464 g/mol. The summed E-state index contributed by atoms with van der Waals surface area (Å²) in [5, 5.41) is 2.70. The zero-order chi connectivity index (χ0) is 23.3. The molecule has 1 aliphatic heterocycles. The number of rotatable bonds is 8. The van der Waals surface area contributed by atoms with Gasteiger partial charge in [0.25, 0.3) is 15.9 Å². The van der Waals surface area contributed by atoms with Crippen LogP contribution in [0, 0.1) is 12.8 Å². The van der Waals surface area contributed by atoms with E-state index in [1.165, 1.54) is 10.5 Å².